The lowest BCUT2D eigenvalue weighted by Crippen LogP contribution is -2.25. The van der Waals surface area contributed by atoms with Gasteiger partial charge in [-0.2, -0.15) is 5.26 Å². The summed E-state index contributed by atoms with van der Waals surface area (Å²) in [5, 5.41) is 8.87. The second-order valence-electron chi connectivity index (χ2n) is 4.05. The van der Waals surface area contributed by atoms with E-state index in [9.17, 15) is 4.79 Å². The van der Waals surface area contributed by atoms with Gasteiger partial charge in [0.25, 0.3) is 0 Å². The molecule has 2 aromatic rings. The van der Waals surface area contributed by atoms with Gasteiger partial charge >= 0.3 is 0 Å². The van der Waals surface area contributed by atoms with Crippen LogP contribution in [0.5, 0.6) is 0 Å². The Morgan fingerprint density at radius 3 is 2.84 bits per heavy atom. The van der Waals surface area contributed by atoms with Gasteiger partial charge in [0, 0.05) is 12.7 Å². The Bertz CT molecular complexity index is 645. The highest BCUT2D eigenvalue weighted by Crippen LogP contribution is 2.23. The molecule has 0 spiro atoms. The fourth-order valence-electron chi connectivity index (χ4n) is 1.66. The number of nitriles is 1. The number of Topliss-reactive ketones (excluding diaryl/α,β-unsaturated/α-hetero) is 1. The molecule has 3 nitrogen and oxygen atoms in total. The van der Waals surface area contributed by atoms with E-state index in [2.05, 4.69) is 22.0 Å². The lowest BCUT2D eigenvalue weighted by Gasteiger charge is -2.18. The maximum Gasteiger partial charge on any atom is 0.192 e. The number of hydrogen-bond donors (Lipinski definition) is 0. The molecule has 1 aromatic heterocycles. The quantitative estimate of drug-likeness (QED) is 0.800. The van der Waals surface area contributed by atoms with Gasteiger partial charge in [-0.25, -0.2) is 0 Å². The fraction of sp³-hybridized carbons (Fsp3) is 0.143. The van der Waals surface area contributed by atoms with Gasteiger partial charge in [-0.05, 0) is 46.3 Å². The van der Waals surface area contributed by atoms with E-state index in [1.807, 2.05) is 36.2 Å². The first kappa shape index (κ1) is 13.8. The van der Waals surface area contributed by atoms with Crippen LogP contribution in [0.15, 0.2) is 40.2 Å². The number of carbonyl (C=O) groups is 1. The zero-order chi connectivity index (χ0) is 13.8. The number of carbonyl (C=O) groups excluding carboxylic acids is 1. The fourth-order valence-corrected chi connectivity index (χ4v) is 2.98. The van der Waals surface area contributed by atoms with E-state index >= 15 is 0 Å². The molecular formula is C14H11BrN2OS. The highest BCUT2D eigenvalue weighted by atomic mass is 79.9. The molecule has 0 aliphatic rings. The molecule has 0 fully saturated rings. The van der Waals surface area contributed by atoms with Crippen molar-refractivity contribution in [2.45, 2.75) is 0 Å². The van der Waals surface area contributed by atoms with Gasteiger partial charge < -0.3 is 4.90 Å². The maximum absolute atomic E-state index is 12.1. The molecular weight excluding hydrogens is 324 g/mol. The van der Waals surface area contributed by atoms with Crippen molar-refractivity contribution in [3.8, 4) is 6.07 Å². The average Bonchev–Trinajstić information content (AvgIpc) is 2.85. The van der Waals surface area contributed by atoms with Crippen LogP contribution in [0.1, 0.15) is 15.2 Å². The van der Waals surface area contributed by atoms with Crippen molar-refractivity contribution >= 4 is 38.7 Å². The van der Waals surface area contributed by atoms with E-state index in [4.69, 9.17) is 5.26 Å². The molecule has 96 valence electrons. The van der Waals surface area contributed by atoms with Crippen LogP contribution in [0.4, 0.5) is 5.69 Å². The third-order valence-corrected chi connectivity index (χ3v) is 4.31. The van der Waals surface area contributed by atoms with Gasteiger partial charge in [-0.1, -0.05) is 6.07 Å². The van der Waals surface area contributed by atoms with Gasteiger partial charge in [0.1, 0.15) is 0 Å². The standard InChI is InChI=1S/C14H11BrN2OS/c1-17(11-4-2-3-10(7-11)8-16)9-12(18)13-5-6-14(15)19-13/h2-7H,9H2,1H3. The van der Waals surface area contributed by atoms with Crippen molar-refractivity contribution in [3.05, 3.63) is 50.6 Å². The Morgan fingerprint density at radius 1 is 1.42 bits per heavy atom. The molecule has 0 aliphatic carbocycles. The molecule has 19 heavy (non-hydrogen) atoms. The minimum absolute atomic E-state index is 0.0700. The van der Waals surface area contributed by atoms with Crippen LogP contribution in [0.2, 0.25) is 0 Å². The first-order valence-corrected chi connectivity index (χ1v) is 7.21. The third-order valence-electron chi connectivity index (χ3n) is 2.64. The van der Waals surface area contributed by atoms with Crippen molar-refractivity contribution in [2.75, 3.05) is 18.5 Å². The van der Waals surface area contributed by atoms with Crippen molar-refractivity contribution in [1.82, 2.24) is 0 Å². The molecule has 0 saturated carbocycles. The summed E-state index contributed by atoms with van der Waals surface area (Å²) in [5.74, 6) is 0.0700. The van der Waals surface area contributed by atoms with Crippen molar-refractivity contribution in [1.29, 1.82) is 5.26 Å². The molecule has 0 bridgehead atoms. The van der Waals surface area contributed by atoms with E-state index in [0.717, 1.165) is 14.4 Å². The van der Waals surface area contributed by atoms with E-state index in [1.54, 1.807) is 12.1 Å². The van der Waals surface area contributed by atoms with Crippen LogP contribution in [-0.4, -0.2) is 19.4 Å². The monoisotopic (exact) mass is 334 g/mol. The highest BCUT2D eigenvalue weighted by Gasteiger charge is 2.12. The van der Waals surface area contributed by atoms with Gasteiger partial charge in [0.2, 0.25) is 0 Å². The third kappa shape index (κ3) is 3.43. The number of halogens is 1. The number of hydrogen-bond acceptors (Lipinski definition) is 4. The number of nitrogens with zero attached hydrogens (tertiary/aromatic N) is 2. The van der Waals surface area contributed by atoms with Crippen molar-refractivity contribution in [2.24, 2.45) is 0 Å². The average molecular weight is 335 g/mol. The molecule has 0 atom stereocenters. The summed E-state index contributed by atoms with van der Waals surface area (Å²) in [5.41, 5.74) is 1.46. The largest absolute Gasteiger partial charge is 0.367 e. The van der Waals surface area contributed by atoms with Gasteiger partial charge in [0.05, 0.1) is 26.8 Å². The van der Waals surface area contributed by atoms with Crippen LogP contribution in [0.25, 0.3) is 0 Å². The Kier molecular flexibility index (Phi) is 4.35. The molecule has 1 aromatic carbocycles. The van der Waals surface area contributed by atoms with Crippen molar-refractivity contribution in [3.63, 3.8) is 0 Å². The number of likely N-dealkylation sites (N-methyl/N-ethyl adjacent to an activating group) is 1. The molecule has 0 saturated heterocycles. The smallest absolute Gasteiger partial charge is 0.192 e. The molecule has 0 aliphatic heterocycles. The number of rotatable bonds is 4. The summed E-state index contributed by atoms with van der Waals surface area (Å²) in [4.78, 5) is 14.7. The zero-order valence-corrected chi connectivity index (χ0v) is 12.7. The summed E-state index contributed by atoms with van der Waals surface area (Å²) in [6, 6.07) is 13.0. The van der Waals surface area contributed by atoms with Gasteiger partial charge in [0.15, 0.2) is 5.78 Å². The summed E-state index contributed by atoms with van der Waals surface area (Å²) >= 11 is 4.78. The second-order valence-corrected chi connectivity index (χ2v) is 6.51. The van der Waals surface area contributed by atoms with Crippen molar-refractivity contribution < 1.29 is 4.79 Å². The van der Waals surface area contributed by atoms with E-state index in [1.165, 1.54) is 11.3 Å². The van der Waals surface area contributed by atoms with Gasteiger partial charge in [-0.3, -0.25) is 4.79 Å². The van der Waals surface area contributed by atoms with Crippen LogP contribution >= 0.6 is 27.3 Å². The SMILES string of the molecule is CN(CC(=O)c1ccc(Br)s1)c1cccc(C#N)c1. The lowest BCUT2D eigenvalue weighted by molar-refractivity contribution is 0.100. The molecule has 0 unspecified atom stereocenters. The summed E-state index contributed by atoms with van der Waals surface area (Å²) in [7, 11) is 1.84. The Labute approximate surface area is 124 Å². The molecule has 1 heterocycles. The minimum Gasteiger partial charge on any atom is -0.367 e. The zero-order valence-electron chi connectivity index (χ0n) is 10.3. The molecule has 5 heteroatoms. The molecule has 0 amide bonds. The first-order valence-electron chi connectivity index (χ1n) is 5.60. The van der Waals surface area contributed by atoms with Crippen LogP contribution in [0, 0.1) is 11.3 Å². The number of anilines is 1. The summed E-state index contributed by atoms with van der Waals surface area (Å²) < 4.78 is 0.949. The van der Waals surface area contributed by atoms with Gasteiger partial charge in [-0.15, -0.1) is 11.3 Å². The Hall–Kier alpha value is -1.64. The minimum atomic E-state index is 0.0700. The second kappa shape index (κ2) is 6.00. The normalized spacial score (nSPS) is 9.95. The Balaban J connectivity index is 2.10. The van der Waals surface area contributed by atoms with Crippen LogP contribution in [-0.2, 0) is 0 Å². The summed E-state index contributed by atoms with van der Waals surface area (Å²) in [6.07, 6.45) is 0. The van der Waals surface area contributed by atoms with Crippen LogP contribution in [0.3, 0.4) is 0 Å². The van der Waals surface area contributed by atoms with Crippen LogP contribution < -0.4 is 4.90 Å². The predicted octanol–water partition coefficient (Wildman–Crippen LogP) is 3.70. The number of benzene rings is 1. The Morgan fingerprint density at radius 2 is 2.21 bits per heavy atom. The molecule has 0 N–H and O–H groups in total. The molecule has 0 radical (unpaired) electrons. The maximum atomic E-state index is 12.1. The topological polar surface area (TPSA) is 44.1 Å². The summed E-state index contributed by atoms with van der Waals surface area (Å²) in [6.45, 7) is 0.293. The lowest BCUT2D eigenvalue weighted by atomic mass is 10.2. The molecule has 2 rings (SSSR count). The van der Waals surface area contributed by atoms with E-state index < -0.39 is 0 Å². The predicted molar refractivity (Wildman–Crippen MR) is 80.8 cm³/mol. The number of thiophene rings is 1. The highest BCUT2D eigenvalue weighted by molar-refractivity contribution is 9.11. The van der Waals surface area contributed by atoms with E-state index in [0.29, 0.717) is 12.1 Å². The first-order chi connectivity index (χ1) is 9.10. The van der Waals surface area contributed by atoms with E-state index in [-0.39, 0.29) is 5.78 Å². The number of ketones is 1.